The first kappa shape index (κ1) is 53.2. The van der Waals surface area contributed by atoms with Gasteiger partial charge in [0.25, 0.3) is 0 Å². The van der Waals surface area contributed by atoms with Crippen LogP contribution in [0.15, 0.2) is 61.7 Å². The van der Waals surface area contributed by atoms with Gasteiger partial charge in [-0.2, -0.15) is 36.3 Å². The second kappa shape index (κ2) is 21.8. The summed E-state index contributed by atoms with van der Waals surface area (Å²) in [5.41, 5.74) is 10.1. The zero-order chi connectivity index (χ0) is 52.1. The molecule has 7 N–H and O–H groups in total. The van der Waals surface area contributed by atoms with Crippen LogP contribution in [0.5, 0.6) is 0 Å². The van der Waals surface area contributed by atoms with Crippen LogP contribution in [0, 0.1) is 13.8 Å². The minimum atomic E-state index is -4.66. The molecule has 2 aliphatic heterocycles. The maximum atomic E-state index is 13.9. The summed E-state index contributed by atoms with van der Waals surface area (Å²) < 4.78 is 83.2. The molecule has 24 heteroatoms. The number of benzene rings is 2. The molecule has 8 rings (SSSR count). The number of carboxylic acid groups (broad SMARTS) is 1. The standard InChI is InChI=1S/C23H23ClF3N7O.C21H22ClF3N6.C3H4O2/c1-4-18(35)33-5-7-34(8-6-33)21-14-10-15(24)13(11-16(14)30-22(29-3)32-21)20-19(23(25,26)27)12(2)9-17(28)31-20;1-11-8-16(26)29-18(17(11)21(23,24)25)12-10-15-13(9-14(12)22)19(30-20(27-2)28-15)31-6-4-3-5-7-31;1-2-3(4)5/h4,9-11H,1,5-8H2,2-3H3,(H2,28,31)(H,29,30,32);8-10H,3-7H2,1-2H3,(H2,26,29)(H,27,28,30);2H,1H2,(H,4,5). The Morgan fingerprint density at radius 1 is 0.634 bits per heavy atom. The van der Waals surface area contributed by atoms with E-state index in [4.69, 9.17) is 39.8 Å². The number of amides is 1. The van der Waals surface area contributed by atoms with Gasteiger partial charge in [-0.25, -0.2) is 24.7 Å². The molecule has 2 aromatic carbocycles. The molecule has 1 amide bonds. The fraction of sp³-hybridized carbons (Fsp3) is 0.319. The third-order valence-corrected chi connectivity index (χ3v) is 12.0. The highest BCUT2D eigenvalue weighted by Gasteiger charge is 2.39. The summed E-state index contributed by atoms with van der Waals surface area (Å²) in [5, 5.41) is 14.9. The van der Waals surface area contributed by atoms with Crippen molar-refractivity contribution in [3.63, 3.8) is 0 Å². The first-order valence-electron chi connectivity index (χ1n) is 21.8. The van der Waals surface area contributed by atoms with Gasteiger partial charge in [0, 0.05) is 81.3 Å². The Kier molecular flexibility index (Phi) is 16.4. The number of aromatic nitrogens is 6. The number of carboxylic acids is 1. The zero-order valence-corrected chi connectivity index (χ0v) is 40.4. The van der Waals surface area contributed by atoms with Crippen molar-refractivity contribution in [1.82, 2.24) is 34.8 Å². The van der Waals surface area contributed by atoms with Crippen molar-refractivity contribution in [1.29, 1.82) is 0 Å². The molecule has 2 saturated heterocycles. The van der Waals surface area contributed by atoms with Crippen LogP contribution in [0.25, 0.3) is 44.3 Å². The predicted molar refractivity (Wildman–Crippen MR) is 266 cm³/mol. The lowest BCUT2D eigenvalue weighted by molar-refractivity contribution is -0.138. The minimum absolute atomic E-state index is 0.00993. The molecule has 16 nitrogen and oxygen atoms in total. The number of piperidine rings is 1. The summed E-state index contributed by atoms with van der Waals surface area (Å²) in [6.07, 6.45) is -3.91. The van der Waals surface area contributed by atoms with Crippen LogP contribution >= 0.6 is 23.2 Å². The molecule has 376 valence electrons. The Morgan fingerprint density at radius 2 is 1.03 bits per heavy atom. The summed E-state index contributed by atoms with van der Waals surface area (Å²) in [6.45, 7) is 12.8. The number of hydrogen-bond acceptors (Lipinski definition) is 14. The van der Waals surface area contributed by atoms with Gasteiger partial charge in [-0.05, 0) is 86.7 Å². The maximum Gasteiger partial charge on any atom is 0.418 e. The number of alkyl halides is 6. The third-order valence-electron chi connectivity index (χ3n) is 11.4. The number of halogens is 8. The quantitative estimate of drug-likeness (QED) is 0.0708. The van der Waals surface area contributed by atoms with Gasteiger partial charge in [-0.1, -0.05) is 36.4 Å². The van der Waals surface area contributed by atoms with Gasteiger partial charge in [0.15, 0.2) is 0 Å². The van der Waals surface area contributed by atoms with Gasteiger partial charge < -0.3 is 41.9 Å². The van der Waals surface area contributed by atoms with Crippen LogP contribution in [0.3, 0.4) is 0 Å². The summed E-state index contributed by atoms with van der Waals surface area (Å²) in [7, 11) is 3.34. The van der Waals surface area contributed by atoms with Gasteiger partial charge >= 0.3 is 18.3 Å². The Labute approximate surface area is 413 Å². The topological polar surface area (TPSA) is 218 Å². The molecule has 0 unspecified atom stereocenters. The summed E-state index contributed by atoms with van der Waals surface area (Å²) in [6, 6.07) is 8.55. The van der Waals surface area contributed by atoms with E-state index >= 15 is 0 Å². The van der Waals surface area contributed by atoms with Gasteiger partial charge in [0.05, 0.1) is 43.6 Å². The van der Waals surface area contributed by atoms with E-state index in [2.05, 4.69) is 58.6 Å². The van der Waals surface area contributed by atoms with Gasteiger partial charge in [0.2, 0.25) is 17.8 Å². The average Bonchev–Trinajstić information content (AvgIpc) is 3.32. The molecule has 6 aromatic rings. The van der Waals surface area contributed by atoms with Crippen LogP contribution in [-0.4, -0.2) is 105 Å². The van der Waals surface area contributed by atoms with E-state index in [0.29, 0.717) is 59.8 Å². The van der Waals surface area contributed by atoms with E-state index in [1.165, 1.54) is 44.2 Å². The number of nitrogens with two attached hydrogens (primary N) is 2. The molecule has 0 saturated carbocycles. The van der Waals surface area contributed by atoms with Crippen molar-refractivity contribution in [2.45, 2.75) is 45.5 Å². The number of nitrogens with one attached hydrogen (secondary N) is 2. The van der Waals surface area contributed by atoms with Crippen LogP contribution in [0.2, 0.25) is 10.0 Å². The number of rotatable bonds is 8. The van der Waals surface area contributed by atoms with Crippen molar-refractivity contribution in [2.24, 2.45) is 0 Å². The van der Waals surface area contributed by atoms with Crippen molar-refractivity contribution in [2.75, 3.05) is 85.3 Å². The normalized spacial score (nSPS) is 14.0. The summed E-state index contributed by atoms with van der Waals surface area (Å²) in [4.78, 5) is 53.1. The van der Waals surface area contributed by atoms with Crippen molar-refractivity contribution in [3.05, 3.63) is 94.0 Å². The maximum absolute atomic E-state index is 13.9. The number of aliphatic carboxylic acids is 1. The largest absolute Gasteiger partial charge is 0.478 e. The fourth-order valence-electron chi connectivity index (χ4n) is 8.21. The number of piperazine rings is 1. The second-order valence-electron chi connectivity index (χ2n) is 16.2. The number of nitrogens with zero attached hydrogens (tertiary/aromatic N) is 9. The van der Waals surface area contributed by atoms with Gasteiger partial charge in [-0.15, -0.1) is 0 Å². The number of nitrogen functional groups attached to an aromatic ring is 2. The lowest BCUT2D eigenvalue weighted by atomic mass is 9.99. The monoisotopic (exact) mass is 1030 g/mol. The Hall–Kier alpha value is -7.20. The lowest BCUT2D eigenvalue weighted by Crippen LogP contribution is -2.48. The average molecular weight is 1030 g/mol. The minimum Gasteiger partial charge on any atom is -0.478 e. The van der Waals surface area contributed by atoms with Crippen LogP contribution in [0.1, 0.15) is 41.5 Å². The van der Waals surface area contributed by atoms with Crippen molar-refractivity contribution in [3.8, 4) is 22.5 Å². The zero-order valence-electron chi connectivity index (χ0n) is 38.9. The molecule has 6 heterocycles. The number of pyridine rings is 2. The molecule has 0 radical (unpaired) electrons. The summed E-state index contributed by atoms with van der Waals surface area (Å²) in [5.74, 6) is 0.766. The Balaban J connectivity index is 0.000000213. The smallest absolute Gasteiger partial charge is 0.418 e. The highest BCUT2D eigenvalue weighted by Crippen LogP contribution is 2.45. The number of carbonyl (C=O) groups excluding carboxylic acids is 1. The first-order valence-corrected chi connectivity index (χ1v) is 22.6. The number of fused-ring (bicyclic) bond motifs is 2. The van der Waals surface area contributed by atoms with Gasteiger partial charge in [-0.3, -0.25) is 4.79 Å². The number of anilines is 6. The second-order valence-corrected chi connectivity index (χ2v) is 17.0. The van der Waals surface area contributed by atoms with Crippen molar-refractivity contribution >= 4 is 92.1 Å². The highest BCUT2D eigenvalue weighted by molar-refractivity contribution is 6.35. The molecule has 0 spiro atoms. The molecule has 4 aromatic heterocycles. The van der Waals surface area contributed by atoms with Crippen LogP contribution in [-0.2, 0) is 21.9 Å². The highest BCUT2D eigenvalue weighted by atomic mass is 35.5. The van der Waals surface area contributed by atoms with E-state index in [0.717, 1.165) is 44.2 Å². The Bertz CT molecular complexity index is 3020. The van der Waals surface area contributed by atoms with Gasteiger partial charge in [0.1, 0.15) is 23.3 Å². The predicted octanol–water partition coefficient (Wildman–Crippen LogP) is 9.67. The van der Waals surface area contributed by atoms with E-state index in [1.54, 1.807) is 31.1 Å². The fourth-order valence-corrected chi connectivity index (χ4v) is 8.72. The van der Waals surface area contributed by atoms with E-state index in [9.17, 15) is 35.9 Å². The third kappa shape index (κ3) is 12.1. The van der Waals surface area contributed by atoms with E-state index < -0.39 is 29.4 Å². The molecule has 71 heavy (non-hydrogen) atoms. The van der Waals surface area contributed by atoms with Crippen molar-refractivity contribution < 1.29 is 41.0 Å². The number of hydrogen-bond donors (Lipinski definition) is 5. The molecule has 2 aliphatic rings. The molecular formula is C47H49Cl2F6N13O3. The molecule has 0 bridgehead atoms. The first-order chi connectivity index (χ1) is 33.5. The van der Waals surface area contributed by atoms with E-state index in [-0.39, 0.29) is 67.2 Å². The molecule has 2 fully saturated rings. The number of aryl methyl sites for hydroxylation is 2. The molecular weight excluding hydrogens is 979 g/mol. The van der Waals surface area contributed by atoms with E-state index in [1.807, 2.05) is 4.90 Å². The Morgan fingerprint density at radius 3 is 1.38 bits per heavy atom. The summed E-state index contributed by atoms with van der Waals surface area (Å²) >= 11 is 13.0. The molecule has 0 aliphatic carbocycles. The SMILES string of the molecule is C=CC(=O)N1CCN(c2nc(NC)nc3cc(-c4nc(N)cc(C)c4C(F)(F)F)c(Cl)cc23)CC1.C=CC(=O)O.CNc1nc(N2CCCCC2)c2cc(Cl)c(-c3nc(N)cc(C)c3C(F)(F)F)cc2n1. The lowest BCUT2D eigenvalue weighted by Gasteiger charge is -2.35. The number of carbonyl (C=O) groups is 2. The van der Waals surface area contributed by atoms with Crippen LogP contribution < -0.4 is 31.9 Å². The molecule has 0 atom stereocenters. The van der Waals surface area contributed by atoms with Crippen LogP contribution in [0.4, 0.5) is 61.5 Å².